The zero-order chi connectivity index (χ0) is 10.4. The molecule has 2 unspecified atom stereocenters. The van der Waals surface area contributed by atoms with Crippen molar-refractivity contribution < 1.29 is 9.84 Å². The third-order valence-corrected chi connectivity index (χ3v) is 3.36. The molecular formula is C11H23NO2. The number of aliphatic hydroxyl groups excluding tert-OH is 1. The first-order chi connectivity index (χ1) is 6.79. The first kappa shape index (κ1) is 12.0. The maximum absolute atomic E-state index is 9.02. The van der Waals surface area contributed by atoms with Crippen LogP contribution in [0.25, 0.3) is 0 Å². The Morgan fingerprint density at radius 3 is 2.57 bits per heavy atom. The summed E-state index contributed by atoms with van der Waals surface area (Å²) in [5, 5.41) is 9.02. The van der Waals surface area contributed by atoms with Crippen molar-refractivity contribution in [3.05, 3.63) is 0 Å². The van der Waals surface area contributed by atoms with Gasteiger partial charge in [0.2, 0.25) is 0 Å². The molecule has 1 saturated heterocycles. The second-order valence-corrected chi connectivity index (χ2v) is 4.20. The van der Waals surface area contributed by atoms with E-state index in [2.05, 4.69) is 6.92 Å². The molecule has 0 radical (unpaired) electrons. The molecule has 1 aliphatic heterocycles. The Morgan fingerprint density at radius 2 is 2.07 bits per heavy atom. The summed E-state index contributed by atoms with van der Waals surface area (Å²) in [6.45, 7) is 4.11. The van der Waals surface area contributed by atoms with Crippen molar-refractivity contribution in [3.63, 3.8) is 0 Å². The fraction of sp³-hybridized carbons (Fsp3) is 1.00. The van der Waals surface area contributed by atoms with Gasteiger partial charge in [0, 0.05) is 25.9 Å². The Bertz CT molecular complexity index is 146. The Hall–Kier alpha value is -0.120. The molecule has 0 aliphatic carbocycles. The fourth-order valence-corrected chi connectivity index (χ4v) is 2.40. The molecule has 0 aromatic rings. The van der Waals surface area contributed by atoms with Gasteiger partial charge in [0.25, 0.3) is 0 Å². The Kier molecular flexibility index (Phi) is 5.45. The molecule has 0 aromatic heterocycles. The number of aliphatic hydroxyl groups is 1. The largest absolute Gasteiger partial charge is 0.396 e. The summed E-state index contributed by atoms with van der Waals surface area (Å²) in [5.41, 5.74) is 6.08. The van der Waals surface area contributed by atoms with Crippen molar-refractivity contribution in [1.82, 2.24) is 0 Å². The highest BCUT2D eigenvalue weighted by Crippen LogP contribution is 2.29. The number of nitrogens with two attached hydrogens (primary N) is 1. The van der Waals surface area contributed by atoms with Crippen molar-refractivity contribution in [3.8, 4) is 0 Å². The smallest absolute Gasteiger partial charge is 0.0468 e. The van der Waals surface area contributed by atoms with Gasteiger partial charge in [-0.15, -0.1) is 0 Å². The molecular weight excluding hydrogens is 178 g/mol. The van der Waals surface area contributed by atoms with Gasteiger partial charge < -0.3 is 15.6 Å². The van der Waals surface area contributed by atoms with Crippen LogP contribution in [0.4, 0.5) is 0 Å². The molecule has 0 aromatic carbocycles. The van der Waals surface area contributed by atoms with Crippen LogP contribution < -0.4 is 5.73 Å². The average molecular weight is 201 g/mol. The number of ether oxygens (including phenoxy) is 1. The predicted octanol–water partition coefficient (Wildman–Crippen LogP) is 1.15. The van der Waals surface area contributed by atoms with Gasteiger partial charge in [-0.2, -0.15) is 0 Å². The lowest BCUT2D eigenvalue weighted by Gasteiger charge is -2.33. The summed E-state index contributed by atoms with van der Waals surface area (Å²) in [5.74, 6) is 1.14. The molecule has 14 heavy (non-hydrogen) atoms. The molecule has 2 atom stereocenters. The van der Waals surface area contributed by atoms with Gasteiger partial charge in [-0.1, -0.05) is 6.92 Å². The van der Waals surface area contributed by atoms with Crippen molar-refractivity contribution in [2.45, 2.75) is 38.6 Å². The number of hydrogen-bond donors (Lipinski definition) is 2. The van der Waals surface area contributed by atoms with Gasteiger partial charge in [0.1, 0.15) is 0 Å². The van der Waals surface area contributed by atoms with Crippen LogP contribution in [0.15, 0.2) is 0 Å². The van der Waals surface area contributed by atoms with Gasteiger partial charge in [-0.25, -0.2) is 0 Å². The summed E-state index contributed by atoms with van der Waals surface area (Å²) < 4.78 is 5.34. The van der Waals surface area contributed by atoms with Gasteiger partial charge in [-0.3, -0.25) is 0 Å². The normalized spacial score (nSPS) is 23.4. The molecule has 1 aliphatic rings. The first-order valence-corrected chi connectivity index (χ1v) is 5.73. The fourth-order valence-electron chi connectivity index (χ4n) is 2.40. The lowest BCUT2D eigenvalue weighted by Crippen LogP contribution is -2.37. The van der Waals surface area contributed by atoms with Crippen LogP contribution in [0, 0.1) is 11.8 Å². The van der Waals surface area contributed by atoms with Gasteiger partial charge >= 0.3 is 0 Å². The van der Waals surface area contributed by atoms with E-state index in [0.29, 0.717) is 11.8 Å². The van der Waals surface area contributed by atoms with Crippen molar-refractivity contribution in [2.75, 3.05) is 19.8 Å². The average Bonchev–Trinajstić information content (AvgIpc) is 2.26. The molecule has 0 saturated carbocycles. The van der Waals surface area contributed by atoms with Crippen molar-refractivity contribution in [1.29, 1.82) is 0 Å². The van der Waals surface area contributed by atoms with Gasteiger partial charge in [-0.05, 0) is 37.5 Å². The highest BCUT2D eigenvalue weighted by atomic mass is 16.5. The van der Waals surface area contributed by atoms with E-state index in [1.807, 2.05) is 0 Å². The van der Waals surface area contributed by atoms with Gasteiger partial charge in [0.05, 0.1) is 0 Å². The van der Waals surface area contributed by atoms with Crippen LogP contribution in [0.2, 0.25) is 0 Å². The molecule has 0 amide bonds. The maximum atomic E-state index is 9.02. The molecule has 1 heterocycles. The molecule has 1 fully saturated rings. The second-order valence-electron chi connectivity index (χ2n) is 4.20. The van der Waals surface area contributed by atoms with E-state index in [1.165, 1.54) is 0 Å². The minimum absolute atomic E-state index is 0.241. The zero-order valence-corrected chi connectivity index (χ0v) is 9.11. The Morgan fingerprint density at radius 1 is 1.43 bits per heavy atom. The second kappa shape index (κ2) is 6.38. The highest BCUT2D eigenvalue weighted by molar-refractivity contribution is 4.80. The first-order valence-electron chi connectivity index (χ1n) is 5.73. The molecule has 0 bridgehead atoms. The zero-order valence-electron chi connectivity index (χ0n) is 9.11. The standard InChI is InChI=1S/C11H23NO2/c1-2-11(12)10(3-6-13)9-4-7-14-8-5-9/h9-11,13H,2-8,12H2,1H3. The lowest BCUT2D eigenvalue weighted by atomic mass is 9.79. The monoisotopic (exact) mass is 201 g/mol. The topological polar surface area (TPSA) is 55.5 Å². The quantitative estimate of drug-likeness (QED) is 0.701. The van der Waals surface area contributed by atoms with Crippen LogP contribution in [-0.4, -0.2) is 31.0 Å². The summed E-state index contributed by atoms with van der Waals surface area (Å²) >= 11 is 0. The van der Waals surface area contributed by atoms with Crippen molar-refractivity contribution >= 4 is 0 Å². The van der Waals surface area contributed by atoms with Crippen LogP contribution >= 0.6 is 0 Å². The van der Waals surface area contributed by atoms with E-state index in [1.54, 1.807) is 0 Å². The minimum Gasteiger partial charge on any atom is -0.396 e. The summed E-state index contributed by atoms with van der Waals surface area (Å²) in [6.07, 6.45) is 4.07. The van der Waals surface area contributed by atoms with Gasteiger partial charge in [0.15, 0.2) is 0 Å². The van der Waals surface area contributed by atoms with Crippen molar-refractivity contribution in [2.24, 2.45) is 17.6 Å². The number of hydrogen-bond acceptors (Lipinski definition) is 3. The molecule has 1 rings (SSSR count). The third kappa shape index (κ3) is 3.23. The van der Waals surface area contributed by atoms with E-state index in [4.69, 9.17) is 15.6 Å². The molecule has 3 nitrogen and oxygen atoms in total. The highest BCUT2D eigenvalue weighted by Gasteiger charge is 2.27. The molecule has 84 valence electrons. The molecule has 0 spiro atoms. The number of rotatable bonds is 5. The molecule has 3 N–H and O–H groups in total. The molecule has 3 heteroatoms. The van der Waals surface area contributed by atoms with E-state index >= 15 is 0 Å². The van der Waals surface area contributed by atoms with Crippen LogP contribution in [-0.2, 0) is 4.74 Å². The third-order valence-electron chi connectivity index (χ3n) is 3.36. The Labute approximate surface area is 86.6 Å². The van der Waals surface area contributed by atoms with E-state index in [0.717, 1.165) is 38.9 Å². The lowest BCUT2D eigenvalue weighted by molar-refractivity contribution is 0.0354. The predicted molar refractivity (Wildman–Crippen MR) is 57.0 cm³/mol. The SMILES string of the molecule is CCC(N)C(CCO)C1CCOCC1. The summed E-state index contributed by atoms with van der Waals surface area (Å²) in [7, 11) is 0. The van der Waals surface area contributed by atoms with Crippen LogP contribution in [0.1, 0.15) is 32.6 Å². The maximum Gasteiger partial charge on any atom is 0.0468 e. The van der Waals surface area contributed by atoms with E-state index in [9.17, 15) is 0 Å². The van der Waals surface area contributed by atoms with Crippen LogP contribution in [0.3, 0.4) is 0 Å². The van der Waals surface area contributed by atoms with Crippen LogP contribution in [0.5, 0.6) is 0 Å². The Balaban J connectivity index is 2.46. The summed E-state index contributed by atoms with van der Waals surface area (Å²) in [4.78, 5) is 0. The summed E-state index contributed by atoms with van der Waals surface area (Å²) in [6, 6.07) is 0.241. The minimum atomic E-state index is 0.241. The van der Waals surface area contributed by atoms with E-state index < -0.39 is 0 Å². The van der Waals surface area contributed by atoms with E-state index in [-0.39, 0.29) is 12.6 Å².